The second-order valence-corrected chi connectivity index (χ2v) is 3.97. The van der Waals surface area contributed by atoms with Gasteiger partial charge in [0.25, 0.3) is 6.43 Å². The Morgan fingerprint density at radius 1 is 1.44 bits per heavy atom. The third-order valence-electron chi connectivity index (χ3n) is 2.61. The summed E-state index contributed by atoms with van der Waals surface area (Å²) in [6.45, 7) is 1.67. The average molecular weight is 257 g/mol. The van der Waals surface area contributed by atoms with Crippen LogP contribution in [0.25, 0.3) is 0 Å². The fourth-order valence-electron chi connectivity index (χ4n) is 1.64. The average Bonchev–Trinajstić information content (AvgIpc) is 2.36. The lowest BCUT2D eigenvalue weighted by atomic mass is 10.0. The van der Waals surface area contributed by atoms with Crippen LogP contribution in [0.15, 0.2) is 18.2 Å². The number of carbonyl (C=O) groups is 1. The lowest BCUT2D eigenvalue weighted by Crippen LogP contribution is -2.10. The molecule has 0 aliphatic carbocycles. The van der Waals surface area contributed by atoms with Gasteiger partial charge in [0.15, 0.2) is 0 Å². The van der Waals surface area contributed by atoms with Crippen LogP contribution in [-0.4, -0.2) is 26.4 Å². The van der Waals surface area contributed by atoms with Gasteiger partial charge in [-0.25, -0.2) is 8.78 Å². The van der Waals surface area contributed by atoms with E-state index in [0.29, 0.717) is 12.1 Å². The molecule has 0 radical (unpaired) electrons. The number of halogens is 2. The number of aldehydes is 1. The van der Waals surface area contributed by atoms with Crippen LogP contribution >= 0.6 is 0 Å². The molecule has 0 heterocycles. The first kappa shape index (κ1) is 14.7. The molecule has 18 heavy (non-hydrogen) atoms. The molecule has 1 aromatic rings. The predicted octanol–water partition coefficient (Wildman–Crippen LogP) is 2.56. The van der Waals surface area contributed by atoms with E-state index in [2.05, 4.69) is 5.32 Å². The van der Waals surface area contributed by atoms with Gasteiger partial charge in [-0.15, -0.1) is 0 Å². The summed E-state index contributed by atoms with van der Waals surface area (Å²) in [4.78, 5) is 11.0. The van der Waals surface area contributed by atoms with Gasteiger partial charge in [0, 0.05) is 12.1 Å². The first-order chi connectivity index (χ1) is 8.58. The summed E-state index contributed by atoms with van der Waals surface area (Å²) in [6.07, 6.45) is -2.18. The minimum absolute atomic E-state index is 0.457. The first-order valence-corrected chi connectivity index (χ1v) is 5.70. The Hall–Kier alpha value is -1.33. The Kier molecular flexibility index (Phi) is 5.88. The van der Waals surface area contributed by atoms with E-state index in [1.165, 1.54) is 0 Å². The zero-order valence-electron chi connectivity index (χ0n) is 10.5. The second kappa shape index (κ2) is 7.18. The van der Waals surface area contributed by atoms with E-state index in [1.54, 1.807) is 32.2 Å². The summed E-state index contributed by atoms with van der Waals surface area (Å²) >= 11 is 0. The second-order valence-electron chi connectivity index (χ2n) is 3.97. The number of benzene rings is 1. The fraction of sp³-hybridized carbons (Fsp3) is 0.462. The van der Waals surface area contributed by atoms with Crippen molar-refractivity contribution in [3.8, 4) is 0 Å². The van der Waals surface area contributed by atoms with E-state index in [9.17, 15) is 13.6 Å². The van der Waals surface area contributed by atoms with Gasteiger partial charge in [-0.3, -0.25) is 4.79 Å². The maximum absolute atomic E-state index is 12.0. The maximum Gasteiger partial charge on any atom is 0.261 e. The molecule has 0 aromatic heterocycles. The quantitative estimate of drug-likeness (QED) is 0.763. The topological polar surface area (TPSA) is 38.3 Å². The molecule has 1 atom stereocenters. The Labute approximate surface area is 105 Å². The van der Waals surface area contributed by atoms with Crippen LogP contribution in [0.3, 0.4) is 0 Å². The highest BCUT2D eigenvalue weighted by Gasteiger charge is 2.11. The molecule has 3 nitrogen and oxygen atoms in total. The van der Waals surface area contributed by atoms with Gasteiger partial charge >= 0.3 is 0 Å². The molecular weight excluding hydrogens is 240 g/mol. The molecule has 0 fully saturated rings. The van der Waals surface area contributed by atoms with Crippen molar-refractivity contribution >= 4 is 6.29 Å². The van der Waals surface area contributed by atoms with Gasteiger partial charge < -0.3 is 10.1 Å². The Bertz CT molecular complexity index is 397. The molecular formula is C13H17F2NO2. The van der Waals surface area contributed by atoms with E-state index in [4.69, 9.17) is 4.74 Å². The van der Waals surface area contributed by atoms with Crippen molar-refractivity contribution < 1.29 is 18.3 Å². The molecule has 1 rings (SSSR count). The van der Waals surface area contributed by atoms with Crippen molar-refractivity contribution in [1.29, 1.82) is 0 Å². The fourth-order valence-corrected chi connectivity index (χ4v) is 1.64. The van der Waals surface area contributed by atoms with Gasteiger partial charge in [-0.1, -0.05) is 12.1 Å². The molecule has 0 saturated heterocycles. The van der Waals surface area contributed by atoms with Crippen LogP contribution < -0.4 is 5.32 Å². The molecule has 1 N–H and O–H groups in total. The van der Waals surface area contributed by atoms with Gasteiger partial charge in [-0.05, 0) is 31.2 Å². The molecule has 100 valence electrons. The summed E-state index contributed by atoms with van der Waals surface area (Å²) in [5, 5.41) is 2.96. The van der Waals surface area contributed by atoms with Crippen LogP contribution in [0, 0.1) is 0 Å². The molecule has 1 aromatic carbocycles. The number of hydrogen-bond acceptors (Lipinski definition) is 3. The highest BCUT2D eigenvalue weighted by molar-refractivity contribution is 5.77. The number of carbonyl (C=O) groups excluding carboxylic acids is 1. The molecule has 0 aliphatic heterocycles. The van der Waals surface area contributed by atoms with Crippen LogP contribution in [0.4, 0.5) is 8.78 Å². The molecule has 1 unspecified atom stereocenters. The Morgan fingerprint density at radius 3 is 2.72 bits per heavy atom. The number of rotatable bonds is 7. The molecule has 0 bridgehead atoms. The van der Waals surface area contributed by atoms with Crippen molar-refractivity contribution in [3.63, 3.8) is 0 Å². The minimum Gasteiger partial charge on any atom is -0.368 e. The smallest absolute Gasteiger partial charge is 0.261 e. The summed E-state index contributed by atoms with van der Waals surface area (Å²) in [7, 11) is 1.79. The van der Waals surface area contributed by atoms with Crippen molar-refractivity contribution in [2.45, 2.75) is 26.0 Å². The van der Waals surface area contributed by atoms with Crippen LogP contribution in [0.2, 0.25) is 0 Å². The summed E-state index contributed by atoms with van der Waals surface area (Å²) in [6, 6.07) is 5.27. The van der Waals surface area contributed by atoms with E-state index < -0.39 is 19.1 Å². The molecule has 0 saturated carbocycles. The van der Waals surface area contributed by atoms with Gasteiger partial charge in [0.1, 0.15) is 12.9 Å². The summed E-state index contributed by atoms with van der Waals surface area (Å²) in [5.74, 6) is 0. The largest absolute Gasteiger partial charge is 0.368 e. The Balaban J connectivity index is 2.80. The third kappa shape index (κ3) is 4.16. The Morgan fingerprint density at radius 2 is 2.17 bits per heavy atom. The molecule has 0 amide bonds. The number of ether oxygens (including phenoxy) is 1. The highest BCUT2D eigenvalue weighted by atomic mass is 19.3. The normalized spacial score (nSPS) is 12.7. The maximum atomic E-state index is 12.0. The molecule has 0 spiro atoms. The first-order valence-electron chi connectivity index (χ1n) is 5.70. The summed E-state index contributed by atoms with van der Waals surface area (Å²) < 4.78 is 29.1. The number of nitrogens with one attached hydrogen (secondary N) is 1. The zero-order valence-corrected chi connectivity index (χ0v) is 10.5. The SMILES string of the molecule is CNCc1ccc(C(C)OCC(F)F)cc1C=O. The van der Waals surface area contributed by atoms with Gasteiger partial charge in [0.2, 0.25) is 0 Å². The highest BCUT2D eigenvalue weighted by Crippen LogP contribution is 2.20. The number of hydrogen-bond donors (Lipinski definition) is 1. The third-order valence-corrected chi connectivity index (χ3v) is 2.61. The molecule has 0 aliphatic rings. The van der Waals surface area contributed by atoms with E-state index in [0.717, 1.165) is 17.4 Å². The predicted molar refractivity (Wildman–Crippen MR) is 65.0 cm³/mol. The van der Waals surface area contributed by atoms with Gasteiger partial charge in [0.05, 0.1) is 6.10 Å². The van der Waals surface area contributed by atoms with Crippen molar-refractivity contribution in [3.05, 3.63) is 34.9 Å². The van der Waals surface area contributed by atoms with E-state index in [-0.39, 0.29) is 0 Å². The molecule has 5 heteroatoms. The van der Waals surface area contributed by atoms with Crippen LogP contribution in [-0.2, 0) is 11.3 Å². The van der Waals surface area contributed by atoms with E-state index in [1.807, 2.05) is 0 Å². The number of alkyl halides is 2. The van der Waals surface area contributed by atoms with Crippen LogP contribution in [0.5, 0.6) is 0 Å². The lowest BCUT2D eigenvalue weighted by molar-refractivity contribution is -0.0181. The lowest BCUT2D eigenvalue weighted by Gasteiger charge is -2.15. The van der Waals surface area contributed by atoms with Crippen molar-refractivity contribution in [2.75, 3.05) is 13.7 Å². The van der Waals surface area contributed by atoms with Crippen molar-refractivity contribution in [2.24, 2.45) is 0 Å². The van der Waals surface area contributed by atoms with Crippen LogP contribution in [0.1, 0.15) is 34.5 Å². The zero-order chi connectivity index (χ0) is 13.5. The standard InChI is InChI=1S/C13H17F2NO2/c1-9(18-8-13(14)15)10-3-4-11(6-16-2)12(5-10)7-17/h3-5,7,9,13,16H,6,8H2,1-2H3. The minimum atomic E-state index is -2.48. The monoisotopic (exact) mass is 257 g/mol. The van der Waals surface area contributed by atoms with Gasteiger partial charge in [-0.2, -0.15) is 0 Å². The van der Waals surface area contributed by atoms with Crippen molar-refractivity contribution in [1.82, 2.24) is 5.32 Å². The van der Waals surface area contributed by atoms with E-state index >= 15 is 0 Å². The summed E-state index contributed by atoms with van der Waals surface area (Å²) in [5.41, 5.74) is 2.14.